The van der Waals surface area contributed by atoms with E-state index in [0.29, 0.717) is 17.9 Å². The van der Waals surface area contributed by atoms with Crippen LogP contribution in [0.1, 0.15) is 41.6 Å². The number of nitrogens with one attached hydrogen (secondary N) is 1. The van der Waals surface area contributed by atoms with Gasteiger partial charge in [0.2, 0.25) is 5.91 Å². The third kappa shape index (κ3) is 4.13. The highest BCUT2D eigenvalue weighted by atomic mass is 32.1. The summed E-state index contributed by atoms with van der Waals surface area (Å²) in [6.07, 6.45) is 2.84. The largest absolute Gasteiger partial charge is 0.347 e. The second-order valence-electron chi connectivity index (χ2n) is 5.96. The molecular formula is C17H18F2N2OS. The fourth-order valence-electron chi connectivity index (χ4n) is 2.52. The van der Waals surface area contributed by atoms with Crippen LogP contribution >= 0.6 is 11.3 Å². The number of halogens is 2. The van der Waals surface area contributed by atoms with Crippen LogP contribution in [-0.4, -0.2) is 10.9 Å². The summed E-state index contributed by atoms with van der Waals surface area (Å²) in [5, 5.41) is 5.98. The zero-order chi connectivity index (χ0) is 16.4. The van der Waals surface area contributed by atoms with Gasteiger partial charge in [-0.3, -0.25) is 4.79 Å². The highest BCUT2D eigenvalue weighted by molar-refractivity contribution is 7.09. The molecule has 1 saturated carbocycles. The number of hydrogen-bond acceptors (Lipinski definition) is 3. The Balaban J connectivity index is 1.58. The Labute approximate surface area is 137 Å². The van der Waals surface area contributed by atoms with Crippen molar-refractivity contribution in [3.8, 4) is 0 Å². The van der Waals surface area contributed by atoms with Crippen LogP contribution < -0.4 is 5.32 Å². The van der Waals surface area contributed by atoms with Gasteiger partial charge in [-0.05, 0) is 49.8 Å². The lowest BCUT2D eigenvalue weighted by atomic mass is 10.1. The van der Waals surface area contributed by atoms with Gasteiger partial charge in [-0.1, -0.05) is 6.07 Å². The molecule has 3 rings (SSSR count). The molecule has 2 aromatic rings. The number of carbonyl (C=O) groups is 1. The van der Waals surface area contributed by atoms with Crippen LogP contribution in [0.2, 0.25) is 0 Å². The lowest BCUT2D eigenvalue weighted by molar-refractivity contribution is -0.122. The fourth-order valence-corrected chi connectivity index (χ4v) is 3.46. The van der Waals surface area contributed by atoms with Crippen LogP contribution in [-0.2, 0) is 11.2 Å². The third-order valence-corrected chi connectivity index (χ3v) is 4.98. The zero-order valence-corrected chi connectivity index (χ0v) is 13.6. The molecule has 23 heavy (non-hydrogen) atoms. The molecule has 1 aromatic heterocycles. The molecule has 0 radical (unpaired) electrons. The first-order chi connectivity index (χ1) is 11.0. The number of rotatable bonds is 6. The first kappa shape index (κ1) is 16.1. The Kier molecular flexibility index (Phi) is 4.71. The smallest absolute Gasteiger partial charge is 0.220 e. The second-order valence-corrected chi connectivity index (χ2v) is 6.85. The first-order valence-electron chi connectivity index (χ1n) is 7.68. The Hall–Kier alpha value is -1.82. The topological polar surface area (TPSA) is 42.0 Å². The van der Waals surface area contributed by atoms with E-state index in [2.05, 4.69) is 10.3 Å². The molecule has 1 heterocycles. The second kappa shape index (κ2) is 6.74. The highest BCUT2D eigenvalue weighted by Gasteiger charge is 2.35. The molecule has 3 nitrogen and oxygen atoms in total. The summed E-state index contributed by atoms with van der Waals surface area (Å²) in [7, 11) is 0. The summed E-state index contributed by atoms with van der Waals surface area (Å²) in [6, 6.07) is 3.72. The van der Waals surface area contributed by atoms with E-state index < -0.39 is 11.6 Å². The lowest BCUT2D eigenvalue weighted by Gasteiger charge is -2.16. The zero-order valence-electron chi connectivity index (χ0n) is 12.8. The molecule has 0 spiro atoms. The molecular weight excluding hydrogens is 318 g/mol. The number of benzene rings is 1. The van der Waals surface area contributed by atoms with E-state index in [1.54, 1.807) is 11.3 Å². The summed E-state index contributed by atoms with van der Waals surface area (Å²) in [6.45, 7) is 1.94. The van der Waals surface area contributed by atoms with E-state index in [1.807, 2.05) is 12.3 Å². The van der Waals surface area contributed by atoms with Gasteiger partial charge >= 0.3 is 0 Å². The number of amides is 1. The van der Waals surface area contributed by atoms with Crippen molar-refractivity contribution in [2.45, 2.75) is 38.6 Å². The van der Waals surface area contributed by atoms with E-state index in [1.165, 1.54) is 6.07 Å². The summed E-state index contributed by atoms with van der Waals surface area (Å²) in [5.41, 5.74) is 1.58. The van der Waals surface area contributed by atoms with Crippen LogP contribution in [0, 0.1) is 24.5 Å². The number of aromatic nitrogens is 1. The van der Waals surface area contributed by atoms with Crippen molar-refractivity contribution in [2.75, 3.05) is 0 Å². The SMILES string of the molecule is Cc1csc([C@@H](NC(=O)CCc2ccc(F)c(F)c2)C2CC2)n1. The Morgan fingerprint density at radius 3 is 2.78 bits per heavy atom. The Bertz CT molecular complexity index is 712. The number of carbonyl (C=O) groups excluding carboxylic acids is 1. The van der Waals surface area contributed by atoms with Gasteiger partial charge in [0.25, 0.3) is 0 Å². The van der Waals surface area contributed by atoms with E-state index in [9.17, 15) is 13.6 Å². The van der Waals surface area contributed by atoms with Gasteiger partial charge in [0.1, 0.15) is 5.01 Å². The van der Waals surface area contributed by atoms with Gasteiger partial charge in [0.05, 0.1) is 6.04 Å². The van der Waals surface area contributed by atoms with E-state index in [0.717, 1.165) is 35.7 Å². The molecule has 0 saturated heterocycles. The average Bonchev–Trinajstić information content (AvgIpc) is 3.27. The molecule has 1 aliphatic carbocycles. The molecule has 0 bridgehead atoms. The molecule has 122 valence electrons. The molecule has 1 N–H and O–H groups in total. The molecule has 1 amide bonds. The summed E-state index contributed by atoms with van der Waals surface area (Å²) < 4.78 is 26.1. The maximum Gasteiger partial charge on any atom is 0.220 e. The van der Waals surface area contributed by atoms with Crippen LogP contribution in [0.4, 0.5) is 8.78 Å². The van der Waals surface area contributed by atoms with Gasteiger partial charge in [-0.2, -0.15) is 0 Å². The fraction of sp³-hybridized carbons (Fsp3) is 0.412. The van der Waals surface area contributed by atoms with Crippen LogP contribution in [0.3, 0.4) is 0 Å². The van der Waals surface area contributed by atoms with Crippen LogP contribution in [0.15, 0.2) is 23.6 Å². The van der Waals surface area contributed by atoms with Crippen molar-refractivity contribution in [2.24, 2.45) is 5.92 Å². The van der Waals surface area contributed by atoms with Gasteiger partial charge in [-0.25, -0.2) is 13.8 Å². The standard InChI is InChI=1S/C17H18F2N2OS/c1-10-9-23-17(20-10)16(12-4-5-12)21-15(22)7-3-11-2-6-13(18)14(19)8-11/h2,6,8-9,12,16H,3-5,7H2,1H3,(H,21,22)/t16-/m0/s1. The van der Waals surface area contributed by atoms with Crippen LogP contribution in [0.5, 0.6) is 0 Å². The summed E-state index contributed by atoms with van der Waals surface area (Å²) in [5.74, 6) is -1.37. The number of aryl methyl sites for hydroxylation is 2. The molecule has 0 unspecified atom stereocenters. The van der Waals surface area contributed by atoms with Crippen molar-refractivity contribution < 1.29 is 13.6 Å². The van der Waals surface area contributed by atoms with E-state index >= 15 is 0 Å². The highest BCUT2D eigenvalue weighted by Crippen LogP contribution is 2.41. The van der Waals surface area contributed by atoms with Crippen molar-refractivity contribution in [3.05, 3.63) is 51.5 Å². The average molecular weight is 336 g/mol. The molecule has 1 aliphatic rings. The molecule has 6 heteroatoms. The van der Waals surface area contributed by atoms with E-state index in [-0.39, 0.29) is 18.4 Å². The van der Waals surface area contributed by atoms with Gasteiger partial charge < -0.3 is 5.32 Å². The number of thiazole rings is 1. The summed E-state index contributed by atoms with van der Waals surface area (Å²) >= 11 is 1.57. The molecule has 1 aromatic carbocycles. The predicted molar refractivity (Wildman–Crippen MR) is 85.1 cm³/mol. The van der Waals surface area contributed by atoms with Gasteiger partial charge in [0, 0.05) is 17.5 Å². The first-order valence-corrected chi connectivity index (χ1v) is 8.56. The number of nitrogens with zero attached hydrogens (tertiary/aromatic N) is 1. The number of hydrogen-bond donors (Lipinski definition) is 1. The monoisotopic (exact) mass is 336 g/mol. The van der Waals surface area contributed by atoms with Gasteiger partial charge in [-0.15, -0.1) is 11.3 Å². The maximum absolute atomic E-state index is 13.2. The molecule has 0 aliphatic heterocycles. The Morgan fingerprint density at radius 2 is 2.17 bits per heavy atom. The van der Waals surface area contributed by atoms with E-state index in [4.69, 9.17) is 0 Å². The van der Waals surface area contributed by atoms with Crippen molar-refractivity contribution in [1.29, 1.82) is 0 Å². The van der Waals surface area contributed by atoms with Gasteiger partial charge in [0.15, 0.2) is 11.6 Å². The third-order valence-electron chi connectivity index (χ3n) is 3.94. The summed E-state index contributed by atoms with van der Waals surface area (Å²) in [4.78, 5) is 16.7. The van der Waals surface area contributed by atoms with Crippen molar-refractivity contribution >= 4 is 17.2 Å². The maximum atomic E-state index is 13.2. The Morgan fingerprint density at radius 1 is 1.39 bits per heavy atom. The van der Waals surface area contributed by atoms with Crippen molar-refractivity contribution in [3.63, 3.8) is 0 Å². The minimum atomic E-state index is -0.878. The quantitative estimate of drug-likeness (QED) is 0.868. The van der Waals surface area contributed by atoms with Crippen molar-refractivity contribution in [1.82, 2.24) is 10.3 Å². The predicted octanol–water partition coefficient (Wildman–Crippen LogP) is 3.93. The van der Waals surface area contributed by atoms with Crippen LogP contribution in [0.25, 0.3) is 0 Å². The lowest BCUT2D eigenvalue weighted by Crippen LogP contribution is -2.30. The minimum absolute atomic E-state index is 0.0221. The minimum Gasteiger partial charge on any atom is -0.347 e. The normalized spacial score (nSPS) is 15.4. The molecule has 1 fully saturated rings. The molecule has 1 atom stereocenters.